The Bertz CT molecular complexity index is 629. The highest BCUT2D eigenvalue weighted by atomic mass is 31.1. The van der Waals surface area contributed by atoms with Crippen LogP contribution < -0.4 is 10.0 Å². The third kappa shape index (κ3) is 3.36. The van der Waals surface area contributed by atoms with Gasteiger partial charge in [-0.1, -0.05) is 64.2 Å². The summed E-state index contributed by atoms with van der Waals surface area (Å²) in [6.07, 6.45) is 7.05. The number of methoxy groups -OCH3 is 1. The van der Waals surface area contributed by atoms with Gasteiger partial charge in [0, 0.05) is 5.56 Å². The molecular formula is C20H25OP. The summed E-state index contributed by atoms with van der Waals surface area (Å²) in [4.78, 5) is 0. The molecule has 0 bridgehead atoms. The van der Waals surface area contributed by atoms with E-state index in [-0.39, 0.29) is 0 Å². The SMILES string of the molecule is COc1cccc(C)c1-c1ccccc1PC1CCCCC1. The molecule has 1 nitrogen and oxygen atoms in total. The number of hydrogen-bond donors (Lipinski definition) is 0. The molecule has 0 saturated heterocycles. The topological polar surface area (TPSA) is 9.23 Å². The Morgan fingerprint density at radius 1 is 0.955 bits per heavy atom. The van der Waals surface area contributed by atoms with Crippen molar-refractivity contribution in [3.63, 3.8) is 0 Å². The zero-order valence-electron chi connectivity index (χ0n) is 13.6. The largest absolute Gasteiger partial charge is 0.496 e. The van der Waals surface area contributed by atoms with E-state index < -0.39 is 0 Å². The first-order chi connectivity index (χ1) is 10.8. The lowest BCUT2D eigenvalue weighted by molar-refractivity contribution is 0.416. The summed E-state index contributed by atoms with van der Waals surface area (Å²) in [5, 5.41) is 1.50. The van der Waals surface area contributed by atoms with E-state index in [1.807, 2.05) is 0 Å². The van der Waals surface area contributed by atoms with Gasteiger partial charge in [0.25, 0.3) is 0 Å². The van der Waals surface area contributed by atoms with Crippen molar-refractivity contribution in [3.8, 4) is 16.9 Å². The maximum atomic E-state index is 5.63. The number of ether oxygens (including phenoxy) is 1. The minimum absolute atomic E-state index is 0.880. The van der Waals surface area contributed by atoms with E-state index in [9.17, 15) is 0 Å². The van der Waals surface area contributed by atoms with Crippen LogP contribution in [0.25, 0.3) is 11.1 Å². The van der Waals surface area contributed by atoms with Crippen LogP contribution >= 0.6 is 8.58 Å². The third-order valence-corrected chi connectivity index (χ3v) is 6.35. The molecule has 22 heavy (non-hydrogen) atoms. The van der Waals surface area contributed by atoms with Gasteiger partial charge in [0.1, 0.15) is 5.75 Å². The van der Waals surface area contributed by atoms with E-state index >= 15 is 0 Å². The van der Waals surface area contributed by atoms with Crippen LogP contribution in [0, 0.1) is 6.92 Å². The lowest BCUT2D eigenvalue weighted by atomic mass is 9.99. The molecule has 0 aliphatic heterocycles. The summed E-state index contributed by atoms with van der Waals surface area (Å²) in [6, 6.07) is 15.2. The quantitative estimate of drug-likeness (QED) is 0.695. The van der Waals surface area contributed by atoms with Gasteiger partial charge in [0.05, 0.1) is 7.11 Å². The predicted molar refractivity (Wildman–Crippen MR) is 98.0 cm³/mol. The average molecular weight is 312 g/mol. The van der Waals surface area contributed by atoms with Crippen molar-refractivity contribution in [1.29, 1.82) is 0 Å². The summed E-state index contributed by atoms with van der Waals surface area (Å²) < 4.78 is 5.63. The molecule has 0 N–H and O–H groups in total. The van der Waals surface area contributed by atoms with Crippen LogP contribution in [0.3, 0.4) is 0 Å². The first kappa shape index (κ1) is 15.6. The zero-order chi connectivity index (χ0) is 15.4. The molecular weight excluding hydrogens is 287 g/mol. The minimum Gasteiger partial charge on any atom is -0.496 e. The molecule has 1 unspecified atom stereocenters. The Morgan fingerprint density at radius 3 is 2.50 bits per heavy atom. The maximum absolute atomic E-state index is 5.63. The van der Waals surface area contributed by atoms with Gasteiger partial charge in [-0.2, -0.15) is 0 Å². The molecule has 116 valence electrons. The number of benzene rings is 2. The van der Waals surface area contributed by atoms with E-state index in [1.165, 1.54) is 54.1 Å². The molecule has 2 aromatic carbocycles. The van der Waals surface area contributed by atoms with Gasteiger partial charge in [0.15, 0.2) is 0 Å². The maximum Gasteiger partial charge on any atom is 0.126 e. The van der Waals surface area contributed by atoms with Crippen molar-refractivity contribution in [2.45, 2.75) is 44.7 Å². The van der Waals surface area contributed by atoms with Crippen LogP contribution in [0.2, 0.25) is 0 Å². The number of hydrogen-bond acceptors (Lipinski definition) is 1. The van der Waals surface area contributed by atoms with Gasteiger partial charge >= 0.3 is 0 Å². The van der Waals surface area contributed by atoms with E-state index in [0.29, 0.717) is 0 Å². The molecule has 1 aliphatic carbocycles. The predicted octanol–water partition coefficient (Wildman–Crippen LogP) is 5.31. The highest BCUT2D eigenvalue weighted by Gasteiger charge is 2.18. The van der Waals surface area contributed by atoms with Crippen LogP contribution in [0.5, 0.6) is 5.75 Å². The van der Waals surface area contributed by atoms with E-state index in [4.69, 9.17) is 4.74 Å². The molecule has 2 heteroatoms. The summed E-state index contributed by atoms with van der Waals surface area (Å²) in [5.41, 5.74) is 4.80. The standard InChI is InChI=1S/C20H25OP/c1-15-9-8-13-18(21-2)20(15)17-12-6-7-14-19(17)22-16-10-4-3-5-11-16/h6-9,12-14,16,22H,3-5,10-11H2,1-2H3. The normalized spacial score (nSPS) is 16.3. The second-order valence-corrected chi connectivity index (χ2v) is 7.82. The molecule has 0 radical (unpaired) electrons. The van der Waals surface area contributed by atoms with Crippen molar-refractivity contribution in [2.24, 2.45) is 0 Å². The van der Waals surface area contributed by atoms with Gasteiger partial charge < -0.3 is 4.74 Å². The Hall–Kier alpha value is -1.33. The summed E-state index contributed by atoms with van der Waals surface area (Å²) >= 11 is 0. The summed E-state index contributed by atoms with van der Waals surface area (Å²) in [7, 11) is 2.68. The smallest absolute Gasteiger partial charge is 0.126 e. The molecule has 1 atom stereocenters. The Labute approximate surface area is 135 Å². The average Bonchev–Trinajstić information content (AvgIpc) is 2.56. The van der Waals surface area contributed by atoms with Gasteiger partial charge in [0.2, 0.25) is 0 Å². The molecule has 0 heterocycles. The summed E-state index contributed by atoms with van der Waals surface area (Å²) in [5.74, 6) is 0.987. The molecule has 2 aromatic rings. The molecule has 1 saturated carbocycles. The molecule has 1 fully saturated rings. The van der Waals surface area contributed by atoms with Gasteiger partial charge in [-0.3, -0.25) is 0 Å². The van der Waals surface area contributed by atoms with Crippen molar-refractivity contribution in [1.82, 2.24) is 0 Å². The second-order valence-electron chi connectivity index (χ2n) is 6.18. The van der Waals surface area contributed by atoms with Crippen LogP contribution in [-0.4, -0.2) is 12.8 Å². The summed E-state index contributed by atoms with van der Waals surface area (Å²) in [6.45, 7) is 2.18. The fraction of sp³-hybridized carbons (Fsp3) is 0.400. The van der Waals surface area contributed by atoms with E-state index in [0.717, 1.165) is 20.0 Å². The van der Waals surface area contributed by atoms with Gasteiger partial charge in [-0.15, -0.1) is 0 Å². The van der Waals surface area contributed by atoms with Crippen LogP contribution in [0.1, 0.15) is 37.7 Å². The first-order valence-corrected chi connectivity index (χ1v) is 9.37. The van der Waals surface area contributed by atoms with E-state index in [1.54, 1.807) is 7.11 Å². The molecule has 1 aliphatic rings. The number of aryl methyl sites for hydroxylation is 1. The fourth-order valence-corrected chi connectivity index (χ4v) is 5.14. The van der Waals surface area contributed by atoms with Crippen LogP contribution in [0.15, 0.2) is 42.5 Å². The van der Waals surface area contributed by atoms with Crippen LogP contribution in [0.4, 0.5) is 0 Å². The minimum atomic E-state index is 0.880. The second kappa shape index (κ2) is 7.29. The molecule has 0 amide bonds. The monoisotopic (exact) mass is 312 g/mol. The third-order valence-electron chi connectivity index (χ3n) is 4.62. The number of rotatable bonds is 4. The fourth-order valence-electron chi connectivity index (χ4n) is 3.45. The van der Waals surface area contributed by atoms with Crippen molar-refractivity contribution in [3.05, 3.63) is 48.0 Å². The zero-order valence-corrected chi connectivity index (χ0v) is 14.6. The highest BCUT2D eigenvalue weighted by molar-refractivity contribution is 7.48. The Kier molecular flexibility index (Phi) is 5.16. The molecule has 3 rings (SSSR count). The Balaban J connectivity index is 1.97. The Morgan fingerprint density at radius 2 is 1.73 bits per heavy atom. The van der Waals surface area contributed by atoms with Crippen molar-refractivity contribution in [2.75, 3.05) is 7.11 Å². The van der Waals surface area contributed by atoms with Crippen molar-refractivity contribution >= 4 is 13.9 Å². The van der Waals surface area contributed by atoms with Gasteiger partial charge in [-0.05, 0) is 47.9 Å². The highest BCUT2D eigenvalue weighted by Crippen LogP contribution is 2.38. The van der Waals surface area contributed by atoms with Crippen molar-refractivity contribution < 1.29 is 4.74 Å². The van der Waals surface area contributed by atoms with Crippen LogP contribution in [-0.2, 0) is 0 Å². The lowest BCUT2D eigenvalue weighted by Gasteiger charge is -2.23. The first-order valence-electron chi connectivity index (χ1n) is 8.29. The van der Waals surface area contributed by atoms with Gasteiger partial charge in [-0.25, -0.2) is 0 Å². The molecule has 0 spiro atoms. The molecule has 0 aromatic heterocycles. The lowest BCUT2D eigenvalue weighted by Crippen LogP contribution is -2.12. The van der Waals surface area contributed by atoms with E-state index in [2.05, 4.69) is 49.4 Å².